The van der Waals surface area contributed by atoms with Crippen LogP contribution in [-0.2, 0) is 12.6 Å². The molecule has 0 unspecified atom stereocenters. The zero-order chi connectivity index (χ0) is 19.9. The maximum absolute atomic E-state index is 14.2. The number of halogens is 5. The topological polar surface area (TPSA) is 70.2 Å². The highest BCUT2D eigenvalue weighted by molar-refractivity contribution is 6.32. The first kappa shape index (κ1) is 18.9. The molecular weight excluding hydrogens is 390 g/mol. The average molecular weight is 400 g/mol. The predicted octanol–water partition coefficient (Wildman–Crippen LogP) is 4.63. The van der Waals surface area contributed by atoms with Gasteiger partial charge in [-0.1, -0.05) is 23.7 Å². The molecule has 0 saturated heterocycles. The monoisotopic (exact) mass is 399 g/mol. The van der Waals surface area contributed by atoms with Crippen LogP contribution in [0.4, 0.5) is 17.6 Å². The molecule has 0 aliphatic rings. The van der Waals surface area contributed by atoms with Crippen LogP contribution in [0.25, 0.3) is 10.9 Å². The van der Waals surface area contributed by atoms with E-state index in [9.17, 15) is 27.2 Å². The summed E-state index contributed by atoms with van der Waals surface area (Å²) in [4.78, 5) is 26.0. The highest BCUT2D eigenvalue weighted by atomic mass is 35.5. The minimum Gasteiger partial charge on any atom is -0.477 e. The first-order chi connectivity index (χ1) is 12.6. The van der Waals surface area contributed by atoms with Crippen molar-refractivity contribution >= 4 is 28.5 Å². The fourth-order valence-corrected chi connectivity index (χ4v) is 2.93. The van der Waals surface area contributed by atoms with Crippen molar-refractivity contribution in [3.05, 3.63) is 79.8 Å². The second-order valence-corrected chi connectivity index (χ2v) is 6.16. The summed E-state index contributed by atoms with van der Waals surface area (Å²) in [5.74, 6) is -2.41. The number of aromatic amines is 1. The van der Waals surface area contributed by atoms with E-state index in [1.165, 1.54) is 12.1 Å². The van der Waals surface area contributed by atoms with Gasteiger partial charge in [0.05, 0.1) is 16.1 Å². The van der Waals surface area contributed by atoms with E-state index < -0.39 is 34.5 Å². The van der Waals surface area contributed by atoms with Gasteiger partial charge in [0.1, 0.15) is 11.4 Å². The van der Waals surface area contributed by atoms with Crippen LogP contribution >= 0.6 is 11.6 Å². The van der Waals surface area contributed by atoms with Crippen LogP contribution in [0, 0.1) is 5.82 Å². The van der Waals surface area contributed by atoms with Crippen LogP contribution in [0.2, 0.25) is 5.02 Å². The fourth-order valence-electron chi connectivity index (χ4n) is 2.72. The molecule has 0 radical (unpaired) electrons. The number of aromatic carboxylic acids is 1. The normalized spacial score (nSPS) is 11.7. The number of carboxylic acid groups (broad SMARTS) is 1. The third-order valence-corrected chi connectivity index (χ3v) is 4.47. The van der Waals surface area contributed by atoms with E-state index >= 15 is 0 Å². The SMILES string of the molecule is O=C(O)c1c[nH]c2c(Cc3ccc(C(F)(F)F)cc3)c(Cl)c(F)cc2c1=O. The van der Waals surface area contributed by atoms with Gasteiger partial charge >= 0.3 is 12.1 Å². The molecule has 0 atom stereocenters. The number of H-pyrrole nitrogens is 1. The number of rotatable bonds is 3. The Morgan fingerprint density at radius 1 is 1.19 bits per heavy atom. The lowest BCUT2D eigenvalue weighted by Crippen LogP contribution is -2.16. The largest absolute Gasteiger partial charge is 0.477 e. The molecule has 0 amide bonds. The molecule has 0 saturated carbocycles. The summed E-state index contributed by atoms with van der Waals surface area (Å²) in [6, 6.07) is 5.05. The minimum atomic E-state index is -4.49. The maximum Gasteiger partial charge on any atom is 0.416 e. The van der Waals surface area contributed by atoms with Gasteiger partial charge in [-0.05, 0) is 23.8 Å². The van der Waals surface area contributed by atoms with Crippen LogP contribution in [0.1, 0.15) is 27.0 Å². The summed E-state index contributed by atoms with van der Waals surface area (Å²) in [6.45, 7) is 0. The van der Waals surface area contributed by atoms with Gasteiger partial charge in [-0.15, -0.1) is 0 Å². The van der Waals surface area contributed by atoms with Gasteiger partial charge in [0.15, 0.2) is 0 Å². The number of nitrogens with one attached hydrogen (secondary N) is 1. The number of hydrogen-bond donors (Lipinski definition) is 2. The highest BCUT2D eigenvalue weighted by Gasteiger charge is 2.30. The lowest BCUT2D eigenvalue weighted by molar-refractivity contribution is -0.137. The van der Waals surface area contributed by atoms with E-state index in [0.29, 0.717) is 5.56 Å². The second kappa shape index (κ2) is 6.70. The number of alkyl halides is 3. The van der Waals surface area contributed by atoms with Gasteiger partial charge < -0.3 is 10.1 Å². The molecule has 3 aromatic rings. The Labute approximate surface area is 154 Å². The van der Waals surface area contributed by atoms with E-state index in [1.54, 1.807) is 0 Å². The third kappa shape index (κ3) is 3.52. The first-order valence-electron chi connectivity index (χ1n) is 7.51. The number of carbonyl (C=O) groups is 1. The van der Waals surface area contributed by atoms with Crippen molar-refractivity contribution < 1.29 is 27.5 Å². The van der Waals surface area contributed by atoms with Gasteiger partial charge in [0, 0.05) is 23.6 Å². The zero-order valence-corrected chi connectivity index (χ0v) is 14.1. The smallest absolute Gasteiger partial charge is 0.416 e. The quantitative estimate of drug-likeness (QED) is 0.631. The number of pyridine rings is 1. The van der Waals surface area contributed by atoms with Crippen LogP contribution in [0.15, 0.2) is 41.3 Å². The lowest BCUT2D eigenvalue weighted by atomic mass is 9.99. The Balaban J connectivity index is 2.14. The maximum atomic E-state index is 14.2. The number of carboxylic acids is 1. The summed E-state index contributed by atoms with van der Waals surface area (Å²) in [5, 5.41) is 8.50. The molecule has 9 heteroatoms. The predicted molar refractivity (Wildman–Crippen MR) is 90.7 cm³/mol. The van der Waals surface area contributed by atoms with Gasteiger partial charge in [-0.25, -0.2) is 9.18 Å². The molecule has 0 aliphatic heterocycles. The molecule has 140 valence electrons. The molecule has 1 aromatic heterocycles. The number of hydrogen-bond acceptors (Lipinski definition) is 2. The zero-order valence-electron chi connectivity index (χ0n) is 13.3. The van der Waals surface area contributed by atoms with E-state index in [1.807, 2.05) is 0 Å². The minimum absolute atomic E-state index is 0.0619. The third-order valence-electron chi connectivity index (χ3n) is 4.06. The average Bonchev–Trinajstić information content (AvgIpc) is 2.59. The van der Waals surface area contributed by atoms with E-state index in [-0.39, 0.29) is 27.9 Å². The van der Waals surface area contributed by atoms with Crippen molar-refractivity contribution in [2.45, 2.75) is 12.6 Å². The van der Waals surface area contributed by atoms with Crippen molar-refractivity contribution in [3.63, 3.8) is 0 Å². The van der Waals surface area contributed by atoms with Gasteiger partial charge in [0.25, 0.3) is 0 Å². The second-order valence-electron chi connectivity index (χ2n) is 5.78. The van der Waals surface area contributed by atoms with E-state index in [2.05, 4.69) is 4.98 Å². The molecular formula is C18H10ClF4NO3. The number of fused-ring (bicyclic) bond motifs is 1. The van der Waals surface area contributed by atoms with Gasteiger partial charge in [-0.3, -0.25) is 4.79 Å². The Morgan fingerprint density at radius 3 is 2.37 bits per heavy atom. The molecule has 27 heavy (non-hydrogen) atoms. The summed E-state index contributed by atoms with van der Waals surface area (Å²) in [5.41, 5.74) is -1.62. The Kier molecular flexibility index (Phi) is 4.69. The molecule has 3 rings (SSSR count). The molecule has 4 nitrogen and oxygen atoms in total. The first-order valence-corrected chi connectivity index (χ1v) is 7.89. The summed E-state index contributed by atoms with van der Waals surface area (Å²) in [7, 11) is 0. The molecule has 2 aromatic carbocycles. The Morgan fingerprint density at radius 2 is 1.81 bits per heavy atom. The standard InChI is InChI=1S/C18H10ClF4NO3/c19-14-10(5-8-1-3-9(4-2-8)18(21,22)23)15-11(6-13(14)20)16(25)12(7-24-15)17(26)27/h1-4,6-7H,5H2,(H,24,25)(H,26,27). The van der Waals surface area contributed by atoms with Crippen molar-refractivity contribution in [1.29, 1.82) is 0 Å². The van der Waals surface area contributed by atoms with Crippen LogP contribution in [-0.4, -0.2) is 16.1 Å². The van der Waals surface area contributed by atoms with E-state index in [0.717, 1.165) is 24.4 Å². The van der Waals surface area contributed by atoms with Crippen LogP contribution < -0.4 is 5.43 Å². The Hall–Kier alpha value is -2.87. The van der Waals surface area contributed by atoms with Crippen LogP contribution in [0.5, 0.6) is 0 Å². The van der Waals surface area contributed by atoms with E-state index in [4.69, 9.17) is 16.7 Å². The number of benzene rings is 2. The van der Waals surface area contributed by atoms with Gasteiger partial charge in [-0.2, -0.15) is 13.2 Å². The molecule has 0 aliphatic carbocycles. The highest BCUT2D eigenvalue weighted by Crippen LogP contribution is 2.31. The van der Waals surface area contributed by atoms with Crippen molar-refractivity contribution in [2.24, 2.45) is 0 Å². The number of aromatic nitrogens is 1. The fraction of sp³-hybridized carbons (Fsp3) is 0.111. The molecule has 2 N–H and O–H groups in total. The molecule has 0 bridgehead atoms. The molecule has 0 fully saturated rings. The van der Waals surface area contributed by atoms with Gasteiger partial charge in [0.2, 0.25) is 5.43 Å². The molecule has 1 heterocycles. The Bertz CT molecular complexity index is 1100. The van der Waals surface area contributed by atoms with Crippen molar-refractivity contribution in [1.82, 2.24) is 4.98 Å². The lowest BCUT2D eigenvalue weighted by Gasteiger charge is -2.12. The summed E-state index contributed by atoms with van der Waals surface area (Å²) in [6.07, 6.45) is -3.58. The summed E-state index contributed by atoms with van der Waals surface area (Å²) >= 11 is 5.99. The van der Waals surface area contributed by atoms with Crippen LogP contribution in [0.3, 0.4) is 0 Å². The van der Waals surface area contributed by atoms with Crippen molar-refractivity contribution in [2.75, 3.05) is 0 Å². The molecule has 0 spiro atoms. The summed E-state index contributed by atoms with van der Waals surface area (Å²) < 4.78 is 52.1. The van der Waals surface area contributed by atoms with Crippen molar-refractivity contribution in [3.8, 4) is 0 Å².